The van der Waals surface area contributed by atoms with Crippen LogP contribution in [-0.2, 0) is 28.6 Å². The molecule has 0 aliphatic heterocycles. The number of allylic oxidation sites excluding steroid dienone is 12. The van der Waals surface area contributed by atoms with E-state index in [1.807, 2.05) is 0 Å². The molecular weight excluding hydrogens is 781 g/mol. The highest BCUT2D eigenvalue weighted by Crippen LogP contribution is 2.14. The average Bonchev–Trinajstić information content (AvgIpc) is 3.28. The highest BCUT2D eigenvalue weighted by molar-refractivity contribution is 5.71. The van der Waals surface area contributed by atoms with E-state index in [2.05, 4.69) is 93.7 Å². The number of unbranched alkanes of at least 4 members (excludes halogenated alkanes) is 27. The summed E-state index contributed by atoms with van der Waals surface area (Å²) in [6, 6.07) is 0. The highest BCUT2D eigenvalue weighted by atomic mass is 16.6. The van der Waals surface area contributed by atoms with E-state index < -0.39 is 6.10 Å². The molecular formula is C57H98O6. The molecule has 0 amide bonds. The first-order valence-corrected chi connectivity index (χ1v) is 26.5. The maximum absolute atomic E-state index is 12.8. The summed E-state index contributed by atoms with van der Waals surface area (Å²) in [6.07, 6.45) is 64.5. The van der Waals surface area contributed by atoms with Gasteiger partial charge in [-0.2, -0.15) is 0 Å². The molecule has 0 N–H and O–H groups in total. The average molecular weight is 879 g/mol. The van der Waals surface area contributed by atoms with Crippen LogP contribution in [0.2, 0.25) is 0 Å². The molecule has 0 aliphatic rings. The van der Waals surface area contributed by atoms with Crippen LogP contribution < -0.4 is 0 Å². The van der Waals surface area contributed by atoms with Crippen LogP contribution in [0.3, 0.4) is 0 Å². The second-order valence-electron chi connectivity index (χ2n) is 17.5. The monoisotopic (exact) mass is 879 g/mol. The van der Waals surface area contributed by atoms with Crippen molar-refractivity contribution >= 4 is 17.9 Å². The van der Waals surface area contributed by atoms with Gasteiger partial charge in [-0.05, 0) is 89.9 Å². The molecule has 0 saturated heterocycles. The second-order valence-corrected chi connectivity index (χ2v) is 17.5. The molecule has 0 spiro atoms. The molecule has 0 fully saturated rings. The first-order valence-electron chi connectivity index (χ1n) is 26.5. The van der Waals surface area contributed by atoms with Crippen molar-refractivity contribution < 1.29 is 28.6 Å². The predicted molar refractivity (Wildman–Crippen MR) is 270 cm³/mol. The van der Waals surface area contributed by atoms with E-state index in [-0.39, 0.29) is 31.1 Å². The molecule has 1 atom stereocenters. The van der Waals surface area contributed by atoms with Gasteiger partial charge >= 0.3 is 17.9 Å². The molecule has 0 rings (SSSR count). The molecule has 1 unspecified atom stereocenters. The van der Waals surface area contributed by atoms with Crippen molar-refractivity contribution in [2.75, 3.05) is 13.2 Å². The fourth-order valence-corrected chi connectivity index (χ4v) is 7.19. The molecule has 0 aliphatic carbocycles. The minimum atomic E-state index is -0.791. The van der Waals surface area contributed by atoms with Crippen molar-refractivity contribution in [3.8, 4) is 0 Å². The lowest BCUT2D eigenvalue weighted by Gasteiger charge is -2.18. The number of carbonyl (C=O) groups is 3. The smallest absolute Gasteiger partial charge is 0.306 e. The van der Waals surface area contributed by atoms with Crippen molar-refractivity contribution in [1.29, 1.82) is 0 Å². The van der Waals surface area contributed by atoms with Crippen molar-refractivity contribution in [2.24, 2.45) is 0 Å². The zero-order valence-electron chi connectivity index (χ0n) is 41.3. The van der Waals surface area contributed by atoms with E-state index >= 15 is 0 Å². The fourth-order valence-electron chi connectivity index (χ4n) is 7.19. The van der Waals surface area contributed by atoms with Gasteiger partial charge in [-0.15, -0.1) is 0 Å². The van der Waals surface area contributed by atoms with Gasteiger partial charge in [-0.1, -0.05) is 216 Å². The van der Waals surface area contributed by atoms with Crippen LogP contribution in [0, 0.1) is 0 Å². The van der Waals surface area contributed by atoms with Gasteiger partial charge in [0.25, 0.3) is 0 Å². The second kappa shape index (κ2) is 51.5. The van der Waals surface area contributed by atoms with Crippen LogP contribution in [-0.4, -0.2) is 37.2 Å². The highest BCUT2D eigenvalue weighted by Gasteiger charge is 2.19. The molecule has 63 heavy (non-hydrogen) atoms. The normalized spacial score (nSPS) is 12.6. The van der Waals surface area contributed by atoms with Crippen LogP contribution in [0.4, 0.5) is 0 Å². The van der Waals surface area contributed by atoms with Crippen LogP contribution in [0.5, 0.6) is 0 Å². The Morgan fingerprint density at radius 1 is 0.317 bits per heavy atom. The molecule has 362 valence electrons. The summed E-state index contributed by atoms with van der Waals surface area (Å²) < 4.78 is 16.8. The number of ether oxygens (including phenoxy) is 3. The number of rotatable bonds is 47. The number of carbonyl (C=O) groups excluding carboxylic acids is 3. The Balaban J connectivity index is 4.41. The van der Waals surface area contributed by atoms with Gasteiger partial charge in [-0.3, -0.25) is 14.4 Å². The summed E-state index contributed by atoms with van der Waals surface area (Å²) in [4.78, 5) is 38.0. The van der Waals surface area contributed by atoms with Crippen LogP contribution in [0.25, 0.3) is 0 Å². The third-order valence-electron chi connectivity index (χ3n) is 11.2. The Morgan fingerprint density at radius 2 is 0.603 bits per heavy atom. The molecule has 0 aromatic heterocycles. The van der Waals surface area contributed by atoms with Crippen molar-refractivity contribution in [3.05, 3.63) is 72.9 Å². The number of hydrogen-bond donors (Lipinski definition) is 0. The largest absolute Gasteiger partial charge is 0.462 e. The van der Waals surface area contributed by atoms with Crippen molar-refractivity contribution in [1.82, 2.24) is 0 Å². The van der Waals surface area contributed by atoms with Crippen LogP contribution in [0.15, 0.2) is 72.9 Å². The SMILES string of the molecule is CCCC/C=C\CCCCCCC(=O)OCC(COC(=O)CCCCCCC\C=C/C=C\C=C/C=C\CCCCC)OC(=O)CCCCCCCCC/C=C\CCCCCCCC. The van der Waals surface area contributed by atoms with Gasteiger partial charge in [0.15, 0.2) is 6.10 Å². The molecule has 6 heteroatoms. The van der Waals surface area contributed by atoms with Crippen LogP contribution >= 0.6 is 0 Å². The van der Waals surface area contributed by atoms with E-state index in [1.165, 1.54) is 109 Å². The van der Waals surface area contributed by atoms with Gasteiger partial charge in [-0.25, -0.2) is 0 Å². The molecule has 0 aromatic carbocycles. The lowest BCUT2D eigenvalue weighted by Crippen LogP contribution is -2.30. The lowest BCUT2D eigenvalue weighted by atomic mass is 10.1. The maximum atomic E-state index is 12.8. The molecule has 6 nitrogen and oxygen atoms in total. The van der Waals surface area contributed by atoms with E-state index in [4.69, 9.17) is 14.2 Å². The van der Waals surface area contributed by atoms with E-state index in [9.17, 15) is 14.4 Å². The summed E-state index contributed by atoms with van der Waals surface area (Å²) in [5, 5.41) is 0. The molecule has 0 aromatic rings. The third-order valence-corrected chi connectivity index (χ3v) is 11.2. The first kappa shape index (κ1) is 59.9. The van der Waals surface area contributed by atoms with E-state index in [1.54, 1.807) is 0 Å². The van der Waals surface area contributed by atoms with E-state index in [0.29, 0.717) is 19.3 Å². The molecule has 0 heterocycles. The topological polar surface area (TPSA) is 78.9 Å². The van der Waals surface area contributed by atoms with Gasteiger partial charge in [0.05, 0.1) is 0 Å². The summed E-state index contributed by atoms with van der Waals surface area (Å²) in [5.74, 6) is -0.929. The predicted octanol–water partition coefficient (Wildman–Crippen LogP) is 17.4. The Hall–Kier alpha value is -3.15. The first-order chi connectivity index (χ1) is 31.0. The standard InChI is InChI=1S/C57H98O6/c1-4-7-10-13-16-19-22-24-26-28-30-31-33-35-38-41-44-47-50-56(59)62-53-54(52-61-55(58)49-46-43-40-37-21-18-15-12-9-6-3)63-57(60)51-48-45-42-39-36-34-32-29-27-25-23-20-17-14-11-8-5-2/h15-16,18-19,22,24-28,30-31,54H,4-14,17,20-21,23,29,32-53H2,1-3H3/b18-15-,19-16-,24-22-,27-25-,28-26-,31-30-. The summed E-state index contributed by atoms with van der Waals surface area (Å²) in [5.41, 5.74) is 0. The van der Waals surface area contributed by atoms with Crippen LogP contribution in [0.1, 0.15) is 252 Å². The third kappa shape index (κ3) is 49.7. The molecule has 0 bridgehead atoms. The molecule has 0 radical (unpaired) electrons. The maximum Gasteiger partial charge on any atom is 0.306 e. The molecule has 0 saturated carbocycles. The summed E-state index contributed by atoms with van der Waals surface area (Å²) >= 11 is 0. The summed E-state index contributed by atoms with van der Waals surface area (Å²) in [6.45, 7) is 6.52. The minimum Gasteiger partial charge on any atom is -0.462 e. The van der Waals surface area contributed by atoms with Gasteiger partial charge < -0.3 is 14.2 Å². The van der Waals surface area contributed by atoms with Gasteiger partial charge in [0.2, 0.25) is 0 Å². The zero-order valence-corrected chi connectivity index (χ0v) is 41.3. The van der Waals surface area contributed by atoms with Gasteiger partial charge in [0, 0.05) is 19.3 Å². The Bertz CT molecular complexity index is 1190. The zero-order chi connectivity index (χ0) is 45.8. The van der Waals surface area contributed by atoms with E-state index in [0.717, 1.165) is 103 Å². The minimum absolute atomic E-state index is 0.0912. The Labute approximate surface area is 389 Å². The quantitative estimate of drug-likeness (QED) is 0.0199. The number of hydrogen-bond acceptors (Lipinski definition) is 6. The fraction of sp³-hybridized carbons (Fsp3) is 0.737. The number of esters is 3. The Morgan fingerprint density at radius 3 is 1.02 bits per heavy atom. The summed E-state index contributed by atoms with van der Waals surface area (Å²) in [7, 11) is 0. The van der Waals surface area contributed by atoms with Crippen molar-refractivity contribution in [2.45, 2.75) is 258 Å². The Kier molecular flexibility index (Phi) is 48.9. The lowest BCUT2D eigenvalue weighted by molar-refractivity contribution is -0.167. The van der Waals surface area contributed by atoms with Crippen molar-refractivity contribution in [3.63, 3.8) is 0 Å². The van der Waals surface area contributed by atoms with Gasteiger partial charge in [0.1, 0.15) is 13.2 Å².